The zero-order valence-electron chi connectivity index (χ0n) is 29.6. The van der Waals surface area contributed by atoms with E-state index in [1.54, 1.807) is 0 Å². The van der Waals surface area contributed by atoms with Crippen LogP contribution in [-0.4, -0.2) is 0 Å². The number of fused-ring (bicyclic) bond motifs is 3. The van der Waals surface area contributed by atoms with E-state index < -0.39 is 10.0 Å². The maximum atomic E-state index is 2.51. The molecular weight excluding hydrogens is 647 g/mol. The second-order valence-electron chi connectivity index (χ2n) is 12.5. The molecule has 0 saturated carbocycles. The Bertz CT molecular complexity index is 2360. The lowest BCUT2D eigenvalue weighted by Crippen LogP contribution is -2.14. The van der Waals surface area contributed by atoms with E-state index in [2.05, 4.69) is 217 Å². The van der Waals surface area contributed by atoms with Gasteiger partial charge in [-0.2, -0.15) is 0 Å². The summed E-state index contributed by atoms with van der Waals surface area (Å²) in [7, 11) is -1.90. The predicted molar refractivity (Wildman–Crippen MR) is 222 cm³/mol. The smallest absolute Gasteiger partial charge is 0.0598 e. The van der Waals surface area contributed by atoms with Gasteiger partial charge in [0, 0.05) is 30.8 Å². The molecule has 0 bridgehead atoms. The highest BCUT2D eigenvalue weighted by Gasteiger charge is 2.44. The molecule has 1 aliphatic rings. The van der Waals surface area contributed by atoms with Gasteiger partial charge in [0.2, 0.25) is 0 Å². The van der Waals surface area contributed by atoms with Crippen LogP contribution in [-0.2, 0) is 0 Å². The molecule has 8 aromatic rings. The maximum absolute atomic E-state index is 2.51. The standard InChI is InChI=1S/C48H35NS.C2H6/c1-5-18-36(19-6-1)37-32-34-39(35-33-37)49(45-29-15-13-26-42(45)38-20-7-2-8-21-38)46-30-17-28-44-43-27-14-16-31-47(43)50(48(44)46,40-22-9-3-10-23-40)41-24-11-4-12-25-41;1-2/h1-35H;1-2H3. The van der Waals surface area contributed by atoms with E-state index in [0.717, 1.165) is 11.4 Å². The van der Waals surface area contributed by atoms with Crippen molar-refractivity contribution < 1.29 is 0 Å². The molecule has 52 heavy (non-hydrogen) atoms. The molecule has 0 unspecified atom stereocenters. The number of hydrogen-bond donors (Lipinski definition) is 0. The summed E-state index contributed by atoms with van der Waals surface area (Å²) in [5.74, 6) is 0. The van der Waals surface area contributed by atoms with E-state index in [9.17, 15) is 0 Å². The van der Waals surface area contributed by atoms with Crippen LogP contribution in [0.15, 0.2) is 232 Å². The molecule has 0 saturated heterocycles. The summed E-state index contributed by atoms with van der Waals surface area (Å²) in [6, 6.07) is 77.7. The van der Waals surface area contributed by atoms with Gasteiger partial charge in [0.25, 0.3) is 0 Å². The number of benzene rings is 8. The zero-order chi connectivity index (χ0) is 35.3. The van der Waals surface area contributed by atoms with Crippen molar-refractivity contribution in [3.63, 3.8) is 0 Å². The van der Waals surface area contributed by atoms with Crippen LogP contribution >= 0.6 is 10.0 Å². The molecule has 0 N–H and O–H groups in total. The third-order valence-electron chi connectivity index (χ3n) is 9.70. The normalized spacial score (nSPS) is 12.8. The molecule has 0 spiro atoms. The van der Waals surface area contributed by atoms with Gasteiger partial charge in [-0.3, -0.25) is 0 Å². The average Bonchev–Trinajstić information content (AvgIpc) is 3.55. The summed E-state index contributed by atoms with van der Waals surface area (Å²) in [4.78, 5) is 7.93. The third-order valence-corrected chi connectivity index (χ3v) is 13.7. The second kappa shape index (κ2) is 14.6. The van der Waals surface area contributed by atoms with Gasteiger partial charge in [0.1, 0.15) is 0 Å². The molecule has 8 aromatic carbocycles. The van der Waals surface area contributed by atoms with Gasteiger partial charge in [-0.15, -0.1) is 10.0 Å². The maximum Gasteiger partial charge on any atom is 0.0598 e. The van der Waals surface area contributed by atoms with Crippen molar-refractivity contribution in [3.05, 3.63) is 212 Å². The Morgan fingerprint density at radius 3 is 1.38 bits per heavy atom. The largest absolute Gasteiger partial charge is 0.309 e. The molecule has 0 radical (unpaired) electrons. The van der Waals surface area contributed by atoms with Crippen molar-refractivity contribution in [1.29, 1.82) is 0 Å². The molecule has 0 aliphatic carbocycles. The first-order valence-corrected chi connectivity index (χ1v) is 19.7. The van der Waals surface area contributed by atoms with Crippen molar-refractivity contribution in [2.45, 2.75) is 33.4 Å². The lowest BCUT2D eigenvalue weighted by molar-refractivity contribution is 1.21. The third kappa shape index (κ3) is 5.62. The number of para-hydroxylation sites is 1. The first kappa shape index (κ1) is 33.1. The highest BCUT2D eigenvalue weighted by molar-refractivity contribution is 8.34. The number of rotatable bonds is 7. The van der Waals surface area contributed by atoms with Crippen LogP contribution in [0.3, 0.4) is 0 Å². The van der Waals surface area contributed by atoms with Gasteiger partial charge in [-0.05, 0) is 82.4 Å². The molecule has 1 heterocycles. The summed E-state index contributed by atoms with van der Waals surface area (Å²) in [6.45, 7) is 4.00. The molecule has 0 fully saturated rings. The topological polar surface area (TPSA) is 3.24 Å². The number of anilines is 3. The summed E-state index contributed by atoms with van der Waals surface area (Å²) in [6.07, 6.45) is 0. The fourth-order valence-electron chi connectivity index (χ4n) is 7.55. The van der Waals surface area contributed by atoms with Gasteiger partial charge in [-0.25, -0.2) is 0 Å². The Morgan fingerprint density at radius 2 is 0.769 bits per heavy atom. The van der Waals surface area contributed by atoms with Crippen LogP contribution in [0.25, 0.3) is 33.4 Å². The molecule has 9 rings (SSSR count). The van der Waals surface area contributed by atoms with E-state index in [1.807, 2.05) is 13.8 Å². The Kier molecular flexibility index (Phi) is 9.31. The van der Waals surface area contributed by atoms with Crippen LogP contribution in [0.1, 0.15) is 13.8 Å². The fourth-order valence-corrected chi connectivity index (χ4v) is 11.9. The van der Waals surface area contributed by atoms with Crippen molar-refractivity contribution in [2.24, 2.45) is 0 Å². The van der Waals surface area contributed by atoms with Gasteiger partial charge < -0.3 is 4.90 Å². The summed E-state index contributed by atoms with van der Waals surface area (Å²) in [5, 5.41) is 0. The fraction of sp³-hybridized carbons (Fsp3) is 0.0400. The van der Waals surface area contributed by atoms with E-state index >= 15 is 0 Å². The van der Waals surface area contributed by atoms with Gasteiger partial charge in [0.05, 0.1) is 11.4 Å². The van der Waals surface area contributed by atoms with Crippen LogP contribution in [0.2, 0.25) is 0 Å². The van der Waals surface area contributed by atoms with Crippen molar-refractivity contribution in [2.75, 3.05) is 4.90 Å². The molecule has 2 heteroatoms. The van der Waals surface area contributed by atoms with Crippen LogP contribution in [0, 0.1) is 0 Å². The van der Waals surface area contributed by atoms with E-state index in [-0.39, 0.29) is 0 Å². The van der Waals surface area contributed by atoms with Gasteiger partial charge >= 0.3 is 0 Å². The second-order valence-corrected chi connectivity index (χ2v) is 15.5. The average molecular weight is 688 g/mol. The van der Waals surface area contributed by atoms with Gasteiger partial charge in [0.15, 0.2) is 0 Å². The Balaban J connectivity index is 0.00000190. The number of nitrogens with zero attached hydrogens (tertiary/aromatic N) is 1. The van der Waals surface area contributed by atoms with E-state index in [0.29, 0.717) is 0 Å². The lowest BCUT2D eigenvalue weighted by atomic mass is 10.00. The van der Waals surface area contributed by atoms with Crippen molar-refractivity contribution in [1.82, 2.24) is 0 Å². The van der Waals surface area contributed by atoms with Crippen LogP contribution in [0.4, 0.5) is 17.1 Å². The zero-order valence-corrected chi connectivity index (χ0v) is 30.4. The van der Waals surface area contributed by atoms with Crippen molar-refractivity contribution in [3.8, 4) is 33.4 Å². The SMILES string of the molecule is CC.c1ccc(-c2ccc(N(c3ccccc3-c3ccccc3)c3cccc4c3S(c3ccccc3)(c3ccccc3)c3ccccc3-4)cc2)cc1. The van der Waals surface area contributed by atoms with Crippen molar-refractivity contribution >= 4 is 27.1 Å². The summed E-state index contributed by atoms with van der Waals surface area (Å²) < 4.78 is 0. The first-order valence-electron chi connectivity index (χ1n) is 18.1. The molecule has 1 aliphatic heterocycles. The highest BCUT2D eigenvalue weighted by Crippen LogP contribution is 2.81. The predicted octanol–water partition coefficient (Wildman–Crippen LogP) is 14.8. The summed E-state index contributed by atoms with van der Waals surface area (Å²) in [5.41, 5.74) is 10.8. The monoisotopic (exact) mass is 687 g/mol. The van der Waals surface area contributed by atoms with Crippen LogP contribution in [0.5, 0.6) is 0 Å². The quantitative estimate of drug-likeness (QED) is 0.161. The molecule has 0 atom stereocenters. The van der Waals surface area contributed by atoms with E-state index in [1.165, 1.54) is 58.7 Å². The Labute approximate surface area is 309 Å². The minimum absolute atomic E-state index is 1.12. The highest BCUT2D eigenvalue weighted by atomic mass is 32.3. The molecule has 1 nitrogen and oxygen atoms in total. The number of hydrogen-bond acceptors (Lipinski definition) is 1. The van der Waals surface area contributed by atoms with Gasteiger partial charge in [-0.1, -0.05) is 172 Å². The Hall–Kier alpha value is -6.09. The Morgan fingerprint density at radius 1 is 0.327 bits per heavy atom. The van der Waals surface area contributed by atoms with Crippen LogP contribution < -0.4 is 4.90 Å². The minimum atomic E-state index is -1.90. The van der Waals surface area contributed by atoms with E-state index in [4.69, 9.17) is 0 Å². The first-order chi connectivity index (χ1) is 25.8. The molecule has 0 amide bonds. The lowest BCUT2D eigenvalue weighted by Gasteiger charge is -2.42. The molecular formula is C50H41NS. The molecule has 252 valence electrons. The minimum Gasteiger partial charge on any atom is -0.309 e. The summed E-state index contributed by atoms with van der Waals surface area (Å²) >= 11 is 0. The molecule has 0 aromatic heterocycles.